The molecule has 0 saturated carbocycles. The number of hydrazine groups is 1. The van der Waals surface area contributed by atoms with E-state index >= 15 is 0 Å². The molecular weight excluding hydrogens is 279 g/mol. The highest BCUT2D eigenvalue weighted by atomic mass is 32.1. The van der Waals surface area contributed by atoms with Crippen LogP contribution < -0.4 is 5.43 Å². The average molecular weight is 294 g/mol. The number of hydrogen-bond acceptors (Lipinski definition) is 3. The number of carbonyl (C=O) groups is 1. The second kappa shape index (κ2) is 5.34. The van der Waals surface area contributed by atoms with Crippen LogP contribution in [0.4, 0.5) is 4.39 Å². The molecule has 20 heavy (non-hydrogen) atoms. The Morgan fingerprint density at radius 3 is 2.75 bits per heavy atom. The third-order valence-electron chi connectivity index (χ3n) is 3.45. The highest BCUT2D eigenvalue weighted by Gasteiger charge is 2.18. The third-order valence-corrected chi connectivity index (χ3v) is 3.65. The lowest BCUT2D eigenvalue weighted by atomic mass is 10.1. The van der Waals surface area contributed by atoms with Crippen LogP contribution in [0.15, 0.2) is 12.1 Å². The first-order chi connectivity index (χ1) is 9.63. The Hall–Kier alpha value is -1.73. The van der Waals surface area contributed by atoms with Crippen molar-refractivity contribution in [2.75, 3.05) is 13.1 Å². The average Bonchev–Trinajstić information content (AvgIpc) is 2.78. The molecule has 3 rings (SSSR count). The summed E-state index contributed by atoms with van der Waals surface area (Å²) in [5, 5.41) is 1.88. The van der Waals surface area contributed by atoms with Crippen LogP contribution in [0, 0.1) is 10.6 Å². The molecule has 1 saturated heterocycles. The van der Waals surface area contributed by atoms with E-state index in [0.29, 0.717) is 15.8 Å². The van der Waals surface area contributed by atoms with Crippen LogP contribution in [-0.2, 0) is 0 Å². The van der Waals surface area contributed by atoms with Crippen molar-refractivity contribution in [1.29, 1.82) is 0 Å². The van der Waals surface area contributed by atoms with Crippen LogP contribution in [0.5, 0.6) is 0 Å². The van der Waals surface area contributed by atoms with E-state index in [1.54, 1.807) is 0 Å². The first kappa shape index (κ1) is 13.3. The van der Waals surface area contributed by atoms with E-state index in [9.17, 15) is 9.18 Å². The molecule has 106 valence electrons. The summed E-state index contributed by atoms with van der Waals surface area (Å²) >= 11 is 4.99. The van der Waals surface area contributed by atoms with Gasteiger partial charge in [-0.15, -0.1) is 0 Å². The molecule has 1 fully saturated rings. The fourth-order valence-electron chi connectivity index (χ4n) is 2.50. The van der Waals surface area contributed by atoms with Crippen molar-refractivity contribution >= 4 is 29.2 Å². The quantitative estimate of drug-likeness (QED) is 0.746. The molecule has 1 aliphatic rings. The van der Waals surface area contributed by atoms with Gasteiger partial charge in [-0.1, -0.05) is 6.42 Å². The Morgan fingerprint density at radius 2 is 2.00 bits per heavy atom. The van der Waals surface area contributed by atoms with Crippen LogP contribution in [0.3, 0.4) is 0 Å². The number of rotatable bonds is 2. The number of aromatic amines is 2. The largest absolute Gasteiger partial charge is 0.331 e. The molecule has 3 N–H and O–H groups in total. The van der Waals surface area contributed by atoms with E-state index in [2.05, 4.69) is 15.4 Å². The maximum absolute atomic E-state index is 13.6. The molecule has 0 radical (unpaired) electrons. The molecule has 2 aromatic rings. The van der Waals surface area contributed by atoms with Crippen molar-refractivity contribution in [3.8, 4) is 0 Å². The maximum Gasteiger partial charge on any atom is 0.267 e. The molecule has 0 bridgehead atoms. The SMILES string of the molecule is O=C(NN1CCCCC1)c1cc(F)cc2[nH]c(=S)[nH]c12. The number of imidazole rings is 1. The molecule has 1 aliphatic heterocycles. The van der Waals surface area contributed by atoms with Crippen LogP contribution in [0.2, 0.25) is 0 Å². The van der Waals surface area contributed by atoms with Gasteiger partial charge in [-0.05, 0) is 37.2 Å². The van der Waals surface area contributed by atoms with Gasteiger partial charge < -0.3 is 9.97 Å². The highest BCUT2D eigenvalue weighted by Crippen LogP contribution is 2.18. The van der Waals surface area contributed by atoms with Crippen molar-refractivity contribution in [2.24, 2.45) is 0 Å². The summed E-state index contributed by atoms with van der Waals surface area (Å²) in [5.41, 5.74) is 4.12. The highest BCUT2D eigenvalue weighted by molar-refractivity contribution is 7.71. The van der Waals surface area contributed by atoms with Crippen LogP contribution in [0.25, 0.3) is 11.0 Å². The first-order valence-electron chi connectivity index (χ1n) is 6.61. The van der Waals surface area contributed by atoms with Crippen molar-refractivity contribution in [2.45, 2.75) is 19.3 Å². The predicted molar refractivity (Wildman–Crippen MR) is 76.3 cm³/mol. The second-order valence-corrected chi connectivity index (χ2v) is 5.35. The number of hydrogen-bond donors (Lipinski definition) is 3. The summed E-state index contributed by atoms with van der Waals surface area (Å²) in [4.78, 5) is 18.0. The lowest BCUT2D eigenvalue weighted by Crippen LogP contribution is -2.45. The minimum absolute atomic E-state index is 0.262. The Balaban J connectivity index is 1.92. The molecule has 1 amide bonds. The summed E-state index contributed by atoms with van der Waals surface area (Å²) in [7, 11) is 0. The molecule has 0 spiro atoms. The summed E-state index contributed by atoms with van der Waals surface area (Å²) in [6, 6.07) is 2.54. The normalized spacial score (nSPS) is 16.4. The number of H-pyrrole nitrogens is 2. The number of aromatic nitrogens is 2. The zero-order chi connectivity index (χ0) is 14.1. The maximum atomic E-state index is 13.6. The van der Waals surface area contributed by atoms with Gasteiger partial charge in [0.25, 0.3) is 5.91 Å². The summed E-state index contributed by atoms with van der Waals surface area (Å²) in [6.07, 6.45) is 3.30. The number of amides is 1. The van der Waals surface area contributed by atoms with E-state index in [4.69, 9.17) is 12.2 Å². The Morgan fingerprint density at radius 1 is 1.25 bits per heavy atom. The number of nitrogens with zero attached hydrogens (tertiary/aromatic N) is 1. The van der Waals surface area contributed by atoms with E-state index in [1.165, 1.54) is 18.6 Å². The van der Waals surface area contributed by atoms with E-state index in [0.717, 1.165) is 25.9 Å². The fourth-order valence-corrected chi connectivity index (χ4v) is 2.71. The molecule has 1 aromatic carbocycles. The molecule has 5 nitrogen and oxygen atoms in total. The zero-order valence-corrected chi connectivity index (χ0v) is 11.6. The van der Waals surface area contributed by atoms with Gasteiger partial charge in [0.2, 0.25) is 0 Å². The summed E-state index contributed by atoms with van der Waals surface area (Å²) in [6.45, 7) is 1.65. The summed E-state index contributed by atoms with van der Waals surface area (Å²) < 4.78 is 14.0. The van der Waals surface area contributed by atoms with E-state index in [-0.39, 0.29) is 11.5 Å². The van der Waals surface area contributed by atoms with Gasteiger partial charge in [-0.2, -0.15) is 0 Å². The predicted octanol–water partition coefficient (Wildman–Crippen LogP) is 2.50. The lowest BCUT2D eigenvalue weighted by molar-refractivity contribution is 0.0751. The minimum atomic E-state index is -0.466. The molecule has 0 atom stereocenters. The molecule has 2 heterocycles. The van der Waals surface area contributed by atoms with Crippen molar-refractivity contribution in [3.63, 3.8) is 0 Å². The monoisotopic (exact) mass is 294 g/mol. The van der Waals surface area contributed by atoms with Gasteiger partial charge in [-0.3, -0.25) is 10.2 Å². The zero-order valence-electron chi connectivity index (χ0n) is 10.8. The molecule has 1 aromatic heterocycles. The number of piperidine rings is 1. The number of benzene rings is 1. The number of carbonyl (C=O) groups excluding carboxylic acids is 1. The Bertz CT molecular complexity index is 702. The molecule has 0 aliphatic carbocycles. The van der Waals surface area contributed by atoms with E-state index in [1.807, 2.05) is 5.01 Å². The summed E-state index contributed by atoms with van der Waals surface area (Å²) in [5.74, 6) is -0.784. The Labute approximate surface area is 120 Å². The third kappa shape index (κ3) is 2.59. The van der Waals surface area contributed by atoms with Crippen LogP contribution in [0.1, 0.15) is 29.6 Å². The van der Waals surface area contributed by atoms with Gasteiger partial charge >= 0.3 is 0 Å². The van der Waals surface area contributed by atoms with Crippen molar-refractivity contribution in [1.82, 2.24) is 20.4 Å². The minimum Gasteiger partial charge on any atom is -0.331 e. The van der Waals surface area contributed by atoms with Crippen LogP contribution in [-0.4, -0.2) is 34.0 Å². The lowest BCUT2D eigenvalue weighted by Gasteiger charge is -2.26. The smallest absolute Gasteiger partial charge is 0.267 e. The van der Waals surface area contributed by atoms with E-state index < -0.39 is 5.82 Å². The van der Waals surface area contributed by atoms with Gasteiger partial charge in [0.15, 0.2) is 4.77 Å². The second-order valence-electron chi connectivity index (χ2n) is 4.94. The standard InChI is InChI=1S/C13H15FN4OS/c14-8-6-9(11-10(7-8)15-13(20)16-11)12(19)17-18-4-2-1-3-5-18/h6-7H,1-5H2,(H,17,19)(H2,15,16,20). The topological polar surface area (TPSA) is 63.9 Å². The first-order valence-corrected chi connectivity index (χ1v) is 7.02. The van der Waals surface area contributed by atoms with Gasteiger partial charge in [0, 0.05) is 13.1 Å². The number of fused-ring (bicyclic) bond motifs is 1. The van der Waals surface area contributed by atoms with Gasteiger partial charge in [-0.25, -0.2) is 9.40 Å². The number of halogens is 1. The molecular formula is C13H15FN4OS. The van der Waals surface area contributed by atoms with Crippen LogP contribution >= 0.6 is 12.2 Å². The molecule has 0 unspecified atom stereocenters. The fraction of sp³-hybridized carbons (Fsp3) is 0.385. The van der Waals surface area contributed by atoms with Crippen molar-refractivity contribution < 1.29 is 9.18 Å². The number of nitrogens with one attached hydrogen (secondary N) is 3. The Kier molecular flexibility index (Phi) is 3.54. The van der Waals surface area contributed by atoms with Gasteiger partial charge in [0.05, 0.1) is 16.6 Å². The molecule has 7 heteroatoms. The van der Waals surface area contributed by atoms with Crippen molar-refractivity contribution in [3.05, 3.63) is 28.3 Å². The van der Waals surface area contributed by atoms with Gasteiger partial charge in [0.1, 0.15) is 5.82 Å².